The van der Waals surface area contributed by atoms with Gasteiger partial charge in [-0.25, -0.2) is 4.39 Å². The van der Waals surface area contributed by atoms with Gasteiger partial charge in [0, 0.05) is 4.47 Å². The molecule has 0 bridgehead atoms. The smallest absolute Gasteiger partial charge is 0.252 e. The maximum atomic E-state index is 13.8. The lowest BCUT2D eigenvalue weighted by atomic mass is 10.2. The van der Waals surface area contributed by atoms with Crippen LogP contribution >= 0.6 is 15.9 Å². The van der Waals surface area contributed by atoms with Crippen LogP contribution in [0.2, 0.25) is 0 Å². The molecule has 0 saturated carbocycles. The van der Waals surface area contributed by atoms with Crippen molar-refractivity contribution in [2.24, 2.45) is 5.73 Å². The standard InChI is InChI=1S/C11H13BrFNO2/c1-2-3-6-16-8-5-4-7(12)9(10(8)13)11(14)15/h4-5H,2-3,6H2,1H3,(H2,14,15). The molecule has 0 heterocycles. The number of rotatable bonds is 5. The van der Waals surface area contributed by atoms with Crippen LogP contribution in [0.15, 0.2) is 16.6 Å². The van der Waals surface area contributed by atoms with Crippen LogP contribution < -0.4 is 10.5 Å². The Bertz CT molecular complexity index is 396. The van der Waals surface area contributed by atoms with Gasteiger partial charge in [0.15, 0.2) is 11.6 Å². The number of hydrogen-bond acceptors (Lipinski definition) is 2. The molecule has 1 amide bonds. The SMILES string of the molecule is CCCCOc1ccc(Br)c(C(N)=O)c1F. The molecule has 16 heavy (non-hydrogen) atoms. The molecule has 2 N–H and O–H groups in total. The van der Waals surface area contributed by atoms with Gasteiger partial charge in [0.05, 0.1) is 12.2 Å². The lowest BCUT2D eigenvalue weighted by Gasteiger charge is -2.09. The molecule has 0 spiro atoms. The fourth-order valence-corrected chi connectivity index (χ4v) is 1.70. The zero-order valence-electron chi connectivity index (χ0n) is 8.93. The Hall–Kier alpha value is -1.10. The number of nitrogens with two attached hydrogens (primary N) is 1. The number of carbonyl (C=O) groups excluding carboxylic acids is 1. The summed E-state index contributed by atoms with van der Waals surface area (Å²) in [6, 6.07) is 3.02. The van der Waals surface area contributed by atoms with E-state index in [4.69, 9.17) is 10.5 Å². The first-order valence-electron chi connectivity index (χ1n) is 4.98. The van der Waals surface area contributed by atoms with Gasteiger partial charge in [-0.05, 0) is 34.5 Å². The summed E-state index contributed by atoms with van der Waals surface area (Å²) in [5, 5.41) is 0. The van der Waals surface area contributed by atoms with E-state index in [1.165, 1.54) is 6.07 Å². The van der Waals surface area contributed by atoms with Gasteiger partial charge in [0.25, 0.3) is 5.91 Å². The van der Waals surface area contributed by atoms with Gasteiger partial charge < -0.3 is 10.5 Å². The average molecular weight is 290 g/mol. The number of unbranched alkanes of at least 4 members (excludes halogenated alkanes) is 1. The van der Waals surface area contributed by atoms with Crippen LogP contribution in [-0.2, 0) is 0 Å². The van der Waals surface area contributed by atoms with Gasteiger partial charge in [0.2, 0.25) is 0 Å². The summed E-state index contributed by atoms with van der Waals surface area (Å²) in [6.07, 6.45) is 1.79. The van der Waals surface area contributed by atoms with E-state index in [9.17, 15) is 9.18 Å². The van der Waals surface area contributed by atoms with E-state index >= 15 is 0 Å². The first-order chi connectivity index (χ1) is 7.57. The van der Waals surface area contributed by atoms with Crippen molar-refractivity contribution in [2.75, 3.05) is 6.61 Å². The molecule has 3 nitrogen and oxygen atoms in total. The van der Waals surface area contributed by atoms with Crippen LogP contribution in [0.3, 0.4) is 0 Å². The molecule has 88 valence electrons. The molecule has 1 aromatic rings. The quantitative estimate of drug-likeness (QED) is 0.848. The largest absolute Gasteiger partial charge is 0.490 e. The Kier molecular flexibility index (Phi) is 4.73. The second-order valence-electron chi connectivity index (χ2n) is 3.30. The highest BCUT2D eigenvalue weighted by Gasteiger charge is 2.17. The Morgan fingerprint density at radius 3 is 2.81 bits per heavy atom. The minimum atomic E-state index is -0.815. The molecule has 0 fully saturated rings. The molecule has 0 saturated heterocycles. The van der Waals surface area contributed by atoms with Gasteiger partial charge in [-0.3, -0.25) is 4.79 Å². The summed E-state index contributed by atoms with van der Waals surface area (Å²) in [7, 11) is 0. The summed E-state index contributed by atoms with van der Waals surface area (Å²) in [6.45, 7) is 2.43. The summed E-state index contributed by atoms with van der Waals surface area (Å²) in [5.74, 6) is -1.46. The monoisotopic (exact) mass is 289 g/mol. The molecule has 0 aliphatic rings. The van der Waals surface area contributed by atoms with Crippen LogP contribution in [0.1, 0.15) is 30.1 Å². The zero-order valence-corrected chi connectivity index (χ0v) is 10.5. The Morgan fingerprint density at radius 1 is 1.56 bits per heavy atom. The molecule has 0 unspecified atom stereocenters. The Labute approximate surface area is 102 Å². The lowest BCUT2D eigenvalue weighted by Crippen LogP contribution is -2.15. The van der Waals surface area contributed by atoms with Gasteiger partial charge in [-0.1, -0.05) is 13.3 Å². The number of primary amides is 1. The van der Waals surface area contributed by atoms with Crippen LogP contribution in [0, 0.1) is 5.82 Å². The second-order valence-corrected chi connectivity index (χ2v) is 4.16. The van der Waals surface area contributed by atoms with E-state index in [-0.39, 0.29) is 11.3 Å². The van der Waals surface area contributed by atoms with Crippen molar-refractivity contribution >= 4 is 21.8 Å². The molecule has 0 aliphatic heterocycles. The van der Waals surface area contributed by atoms with Gasteiger partial charge >= 0.3 is 0 Å². The highest BCUT2D eigenvalue weighted by molar-refractivity contribution is 9.10. The van der Waals surface area contributed by atoms with Crippen molar-refractivity contribution in [3.05, 3.63) is 28.0 Å². The predicted octanol–water partition coefficient (Wildman–Crippen LogP) is 2.87. The number of hydrogen-bond donors (Lipinski definition) is 1. The van der Waals surface area contributed by atoms with Crippen molar-refractivity contribution in [1.82, 2.24) is 0 Å². The van der Waals surface area contributed by atoms with E-state index in [1.807, 2.05) is 6.92 Å². The Balaban J connectivity index is 2.95. The average Bonchev–Trinajstić information content (AvgIpc) is 2.21. The number of amides is 1. The molecule has 0 radical (unpaired) electrons. The first kappa shape index (κ1) is 13.0. The van der Waals surface area contributed by atoms with Gasteiger partial charge in [0.1, 0.15) is 0 Å². The molecular weight excluding hydrogens is 277 g/mol. The van der Waals surface area contributed by atoms with Crippen molar-refractivity contribution in [3.8, 4) is 5.75 Å². The summed E-state index contributed by atoms with van der Waals surface area (Å²) < 4.78 is 19.3. The number of halogens is 2. The normalized spacial score (nSPS) is 10.2. The van der Waals surface area contributed by atoms with Gasteiger partial charge in [-0.2, -0.15) is 0 Å². The molecule has 0 atom stereocenters. The molecule has 0 aliphatic carbocycles. The third-order valence-electron chi connectivity index (χ3n) is 2.06. The maximum Gasteiger partial charge on any atom is 0.252 e. The predicted molar refractivity (Wildman–Crippen MR) is 63.0 cm³/mol. The number of benzene rings is 1. The lowest BCUT2D eigenvalue weighted by molar-refractivity contribution is 0.0994. The molecule has 5 heteroatoms. The van der Waals surface area contributed by atoms with E-state index in [2.05, 4.69) is 15.9 Å². The zero-order chi connectivity index (χ0) is 12.1. The minimum absolute atomic E-state index is 0.0606. The van der Waals surface area contributed by atoms with E-state index in [1.54, 1.807) is 6.07 Å². The topological polar surface area (TPSA) is 52.3 Å². The van der Waals surface area contributed by atoms with Crippen LogP contribution in [-0.4, -0.2) is 12.5 Å². The third kappa shape index (κ3) is 2.95. The fraction of sp³-hybridized carbons (Fsp3) is 0.364. The van der Waals surface area contributed by atoms with Crippen molar-refractivity contribution in [2.45, 2.75) is 19.8 Å². The molecule has 0 aromatic heterocycles. The van der Waals surface area contributed by atoms with Crippen molar-refractivity contribution in [3.63, 3.8) is 0 Å². The highest BCUT2D eigenvalue weighted by atomic mass is 79.9. The summed E-state index contributed by atoms with van der Waals surface area (Å²) in [4.78, 5) is 11.0. The summed E-state index contributed by atoms with van der Waals surface area (Å²) >= 11 is 3.07. The Morgan fingerprint density at radius 2 is 2.25 bits per heavy atom. The van der Waals surface area contributed by atoms with E-state index in [0.717, 1.165) is 12.8 Å². The maximum absolute atomic E-state index is 13.8. The third-order valence-corrected chi connectivity index (χ3v) is 2.72. The van der Waals surface area contributed by atoms with Crippen LogP contribution in [0.5, 0.6) is 5.75 Å². The van der Waals surface area contributed by atoms with Crippen LogP contribution in [0.4, 0.5) is 4.39 Å². The number of carbonyl (C=O) groups is 1. The van der Waals surface area contributed by atoms with Gasteiger partial charge in [-0.15, -0.1) is 0 Å². The summed E-state index contributed by atoms with van der Waals surface area (Å²) in [5.41, 5.74) is 4.90. The molecular formula is C11H13BrFNO2. The highest BCUT2D eigenvalue weighted by Crippen LogP contribution is 2.27. The first-order valence-corrected chi connectivity index (χ1v) is 5.77. The molecule has 1 aromatic carbocycles. The van der Waals surface area contributed by atoms with Crippen molar-refractivity contribution in [1.29, 1.82) is 0 Å². The van der Waals surface area contributed by atoms with Crippen LogP contribution in [0.25, 0.3) is 0 Å². The van der Waals surface area contributed by atoms with E-state index in [0.29, 0.717) is 11.1 Å². The minimum Gasteiger partial charge on any atom is -0.490 e. The molecule has 1 rings (SSSR count). The van der Waals surface area contributed by atoms with E-state index < -0.39 is 11.7 Å². The van der Waals surface area contributed by atoms with Crippen molar-refractivity contribution < 1.29 is 13.9 Å². The second kappa shape index (κ2) is 5.84. The number of ether oxygens (including phenoxy) is 1. The fourth-order valence-electron chi connectivity index (χ4n) is 1.20.